The van der Waals surface area contributed by atoms with E-state index in [1.807, 2.05) is 0 Å². The van der Waals surface area contributed by atoms with Crippen molar-refractivity contribution in [2.75, 3.05) is 6.54 Å². The second-order valence-corrected chi connectivity index (χ2v) is 4.82. The van der Waals surface area contributed by atoms with E-state index in [-0.39, 0.29) is 23.7 Å². The summed E-state index contributed by atoms with van der Waals surface area (Å²) in [5, 5.41) is 2.72. The van der Waals surface area contributed by atoms with Gasteiger partial charge in [0.15, 0.2) is 0 Å². The van der Waals surface area contributed by atoms with E-state index < -0.39 is 0 Å². The monoisotopic (exact) mass is 219 g/mol. The zero-order chi connectivity index (χ0) is 11.5. The summed E-state index contributed by atoms with van der Waals surface area (Å²) in [4.78, 5) is 23.6. The second-order valence-electron chi connectivity index (χ2n) is 4.82. The lowest BCUT2D eigenvalue weighted by Crippen LogP contribution is -2.42. The van der Waals surface area contributed by atoms with Gasteiger partial charge in [-0.2, -0.15) is 0 Å². The molecular weight excluding hydrogens is 202 g/mol. The molecule has 0 aromatic heterocycles. The largest absolute Gasteiger partial charge is 0.345 e. The molecule has 3 heteroatoms. The van der Waals surface area contributed by atoms with Gasteiger partial charge in [-0.1, -0.05) is 12.3 Å². The van der Waals surface area contributed by atoms with E-state index in [0.717, 1.165) is 32.1 Å². The van der Waals surface area contributed by atoms with Gasteiger partial charge in [0.05, 0.1) is 6.54 Å². The van der Waals surface area contributed by atoms with Gasteiger partial charge in [-0.3, -0.25) is 9.59 Å². The van der Waals surface area contributed by atoms with Crippen LogP contribution in [0.15, 0.2) is 0 Å². The van der Waals surface area contributed by atoms with E-state index in [9.17, 15) is 9.59 Å². The van der Waals surface area contributed by atoms with E-state index in [4.69, 9.17) is 6.42 Å². The summed E-state index contributed by atoms with van der Waals surface area (Å²) in [6.07, 6.45) is 9.63. The Morgan fingerprint density at radius 1 is 1.38 bits per heavy atom. The molecule has 2 aliphatic carbocycles. The van der Waals surface area contributed by atoms with E-state index in [2.05, 4.69) is 11.2 Å². The molecule has 2 aliphatic rings. The molecule has 2 fully saturated rings. The number of hydrogen-bond acceptors (Lipinski definition) is 2. The van der Waals surface area contributed by atoms with Crippen LogP contribution in [0.3, 0.4) is 0 Å². The first-order valence-corrected chi connectivity index (χ1v) is 5.97. The van der Waals surface area contributed by atoms with Crippen LogP contribution in [0.4, 0.5) is 0 Å². The summed E-state index contributed by atoms with van der Waals surface area (Å²) in [7, 11) is 0. The fraction of sp³-hybridized carbons (Fsp3) is 0.692. The molecule has 1 unspecified atom stereocenters. The first-order chi connectivity index (χ1) is 7.72. The van der Waals surface area contributed by atoms with Crippen molar-refractivity contribution in [2.24, 2.45) is 17.8 Å². The number of fused-ring (bicyclic) bond motifs is 2. The van der Waals surface area contributed by atoms with Gasteiger partial charge < -0.3 is 5.32 Å². The Labute approximate surface area is 96.0 Å². The Morgan fingerprint density at radius 2 is 2.00 bits per heavy atom. The fourth-order valence-electron chi connectivity index (χ4n) is 2.98. The molecule has 3 atom stereocenters. The van der Waals surface area contributed by atoms with E-state index >= 15 is 0 Å². The molecule has 3 nitrogen and oxygen atoms in total. The molecule has 2 saturated carbocycles. The zero-order valence-electron chi connectivity index (χ0n) is 9.37. The van der Waals surface area contributed by atoms with E-state index in [1.165, 1.54) is 0 Å². The molecule has 0 aromatic rings. The van der Waals surface area contributed by atoms with Gasteiger partial charge in [-0.15, -0.1) is 6.42 Å². The Hall–Kier alpha value is -1.30. The smallest absolute Gasteiger partial charge is 0.223 e. The number of nitrogens with one attached hydrogen (secondary N) is 1. The first-order valence-electron chi connectivity index (χ1n) is 5.97. The Morgan fingerprint density at radius 3 is 2.56 bits per heavy atom. The predicted octanol–water partition coefficient (Wildman–Crippen LogP) is 1.13. The van der Waals surface area contributed by atoms with Crippen molar-refractivity contribution < 1.29 is 9.59 Å². The maximum atomic E-state index is 11.8. The molecule has 0 aromatic carbocycles. The van der Waals surface area contributed by atoms with Crippen LogP contribution < -0.4 is 5.32 Å². The van der Waals surface area contributed by atoms with Crippen LogP contribution in [0.1, 0.15) is 32.1 Å². The van der Waals surface area contributed by atoms with Crippen LogP contribution in [-0.2, 0) is 9.59 Å². The molecule has 0 saturated heterocycles. The Kier molecular flexibility index (Phi) is 3.28. The Balaban J connectivity index is 1.97. The lowest BCUT2D eigenvalue weighted by Gasteiger charge is -2.36. The molecule has 0 spiro atoms. The summed E-state index contributed by atoms with van der Waals surface area (Å²) in [5.74, 6) is 3.09. The molecule has 1 N–H and O–H groups in total. The highest BCUT2D eigenvalue weighted by Gasteiger charge is 2.40. The van der Waals surface area contributed by atoms with Crippen molar-refractivity contribution in [3.05, 3.63) is 0 Å². The van der Waals surface area contributed by atoms with Crippen molar-refractivity contribution in [3.8, 4) is 12.3 Å². The SMILES string of the molecule is C#CCNC(=O)C1C[C@H]2CCC[C@@H](C1)C2=O. The Bertz CT molecular complexity index is 326. The van der Waals surface area contributed by atoms with Crippen molar-refractivity contribution in [1.29, 1.82) is 0 Å². The third kappa shape index (κ3) is 2.11. The molecule has 0 heterocycles. The summed E-state index contributed by atoms with van der Waals surface area (Å²) in [5.41, 5.74) is 0. The van der Waals surface area contributed by atoms with Crippen LogP contribution >= 0.6 is 0 Å². The van der Waals surface area contributed by atoms with Gasteiger partial charge in [0.1, 0.15) is 5.78 Å². The highest BCUT2D eigenvalue weighted by molar-refractivity contribution is 5.88. The minimum atomic E-state index is 0.00125. The number of amides is 1. The highest BCUT2D eigenvalue weighted by Crippen LogP contribution is 2.39. The summed E-state index contributed by atoms with van der Waals surface area (Å²) in [6, 6.07) is 0. The number of terminal acetylenes is 1. The van der Waals surface area contributed by atoms with Crippen molar-refractivity contribution in [2.45, 2.75) is 32.1 Å². The maximum absolute atomic E-state index is 11.8. The summed E-state index contributed by atoms with van der Waals surface area (Å²) >= 11 is 0. The van der Waals surface area contributed by atoms with Crippen molar-refractivity contribution in [1.82, 2.24) is 5.32 Å². The van der Waals surface area contributed by atoms with Crippen LogP contribution in [0.2, 0.25) is 0 Å². The minimum Gasteiger partial charge on any atom is -0.345 e. The van der Waals surface area contributed by atoms with Crippen molar-refractivity contribution in [3.63, 3.8) is 0 Å². The number of carbonyl (C=O) groups is 2. The van der Waals surface area contributed by atoms with Crippen LogP contribution in [-0.4, -0.2) is 18.2 Å². The standard InChI is InChI=1S/C13H17NO2/c1-2-6-14-13(16)11-7-9-4-3-5-10(8-11)12(9)15/h1,9-11H,3-8H2,(H,14,16)/t9-,10+,11?. The molecule has 0 aliphatic heterocycles. The van der Waals surface area contributed by atoms with Crippen molar-refractivity contribution >= 4 is 11.7 Å². The first kappa shape index (κ1) is 11.2. The maximum Gasteiger partial charge on any atom is 0.223 e. The van der Waals surface area contributed by atoms with Gasteiger partial charge in [-0.25, -0.2) is 0 Å². The number of Topliss-reactive ketones (excluding diaryl/α,β-unsaturated/α-hetero) is 1. The quantitative estimate of drug-likeness (QED) is 0.708. The lowest BCUT2D eigenvalue weighted by atomic mass is 9.67. The average molecular weight is 219 g/mol. The number of rotatable bonds is 2. The molecule has 86 valence electrons. The summed E-state index contributed by atoms with van der Waals surface area (Å²) in [6.45, 7) is 0.290. The summed E-state index contributed by atoms with van der Waals surface area (Å²) < 4.78 is 0. The highest BCUT2D eigenvalue weighted by atomic mass is 16.2. The topological polar surface area (TPSA) is 46.2 Å². The average Bonchev–Trinajstić information content (AvgIpc) is 2.25. The molecule has 2 bridgehead atoms. The van der Waals surface area contributed by atoms with E-state index in [1.54, 1.807) is 0 Å². The second kappa shape index (κ2) is 4.69. The third-order valence-corrected chi connectivity index (χ3v) is 3.78. The molecule has 16 heavy (non-hydrogen) atoms. The normalized spacial score (nSPS) is 32.9. The van der Waals surface area contributed by atoms with E-state index in [0.29, 0.717) is 12.3 Å². The molecular formula is C13H17NO2. The van der Waals surface area contributed by atoms with Crippen LogP contribution in [0.5, 0.6) is 0 Å². The number of ketones is 1. The molecule has 2 rings (SSSR count). The van der Waals surface area contributed by atoms with Gasteiger partial charge in [-0.05, 0) is 25.7 Å². The third-order valence-electron chi connectivity index (χ3n) is 3.78. The van der Waals surface area contributed by atoms with Gasteiger partial charge in [0, 0.05) is 17.8 Å². The minimum absolute atomic E-state index is 0.00125. The van der Waals surface area contributed by atoms with Gasteiger partial charge in [0.2, 0.25) is 5.91 Å². The lowest BCUT2D eigenvalue weighted by molar-refractivity contribution is -0.137. The number of carbonyl (C=O) groups excluding carboxylic acids is 2. The fourth-order valence-corrected chi connectivity index (χ4v) is 2.98. The zero-order valence-corrected chi connectivity index (χ0v) is 9.37. The van der Waals surface area contributed by atoms with Gasteiger partial charge >= 0.3 is 0 Å². The molecule has 0 radical (unpaired) electrons. The molecule has 1 amide bonds. The van der Waals surface area contributed by atoms with Crippen LogP contribution in [0, 0.1) is 30.1 Å². The van der Waals surface area contributed by atoms with Gasteiger partial charge in [0.25, 0.3) is 0 Å². The number of hydrogen-bond donors (Lipinski definition) is 1. The predicted molar refractivity (Wildman–Crippen MR) is 60.4 cm³/mol. The van der Waals surface area contributed by atoms with Crippen LogP contribution in [0.25, 0.3) is 0 Å².